The van der Waals surface area contributed by atoms with Gasteiger partial charge in [-0.05, 0) is 110 Å². The fourth-order valence-corrected chi connectivity index (χ4v) is 10.5. The largest absolute Gasteiger partial charge is 0.468 e. The van der Waals surface area contributed by atoms with E-state index in [0.717, 1.165) is 4.90 Å². The van der Waals surface area contributed by atoms with E-state index in [9.17, 15) is 28.6 Å². The summed E-state index contributed by atoms with van der Waals surface area (Å²) in [5.74, 6) is 0. The average Bonchev–Trinajstić information content (AvgIpc) is 1.62. The van der Waals surface area contributed by atoms with Crippen LogP contribution in [-0.4, -0.2) is 11.3 Å². The number of nitrogens with zero attached hydrogens (tertiary/aromatic N) is 4. The second-order valence-electron chi connectivity index (χ2n) is 18.4. The Morgan fingerprint density at radius 2 is 1.29 bits per heavy atom. The van der Waals surface area contributed by atoms with Gasteiger partial charge in [0.2, 0.25) is 0 Å². The highest BCUT2D eigenvalue weighted by Gasteiger charge is 2.49. The number of hydrogen-bond acceptors (Lipinski definition) is 5. The smallest absolute Gasteiger partial charge is 0.297 e. The lowest BCUT2D eigenvalue weighted by molar-refractivity contribution is 0.590. The van der Waals surface area contributed by atoms with Gasteiger partial charge in [0.15, 0.2) is 0 Å². The number of hydrogen-bond donors (Lipinski definition) is 0. The molecule has 0 saturated heterocycles. The van der Waals surface area contributed by atoms with E-state index in [-0.39, 0.29) is 98.9 Å². The maximum atomic E-state index is 11.5. The molecule has 8 aromatic carbocycles. The average molecular weight is 892 g/mol. The predicted octanol–water partition coefficient (Wildman–Crippen LogP) is 14.4. The van der Waals surface area contributed by atoms with Crippen molar-refractivity contribution in [3.8, 4) is 22.9 Å². The lowest BCUT2D eigenvalue weighted by atomic mass is 9.35. The van der Waals surface area contributed by atoms with Crippen LogP contribution in [0.5, 0.6) is 0 Å². The van der Waals surface area contributed by atoms with Crippen LogP contribution in [0.15, 0.2) is 155 Å². The van der Waals surface area contributed by atoms with Crippen molar-refractivity contribution in [3.05, 3.63) is 168 Å². The molecular formula is C59H43BN4OS. The van der Waals surface area contributed by atoms with Gasteiger partial charge in [-0.3, -0.25) is 0 Å². The zero-order valence-electron chi connectivity index (χ0n) is 60.7. The van der Waals surface area contributed by atoms with Gasteiger partial charge < -0.3 is 18.8 Å². The lowest BCUT2D eigenvalue weighted by Crippen LogP contribution is -2.61. The number of rotatable bonds is 2. The van der Waals surface area contributed by atoms with Crippen molar-refractivity contribution < 1.29 is 38.7 Å². The van der Waals surface area contributed by atoms with Gasteiger partial charge in [0, 0.05) is 43.0 Å². The van der Waals surface area contributed by atoms with Gasteiger partial charge in [0.25, 0.3) is 6.71 Å². The number of thiophene rings is 1. The second-order valence-corrected chi connectivity index (χ2v) is 19.5. The highest BCUT2D eigenvalue weighted by molar-refractivity contribution is 7.26. The Balaban J connectivity index is 1.29. The van der Waals surface area contributed by atoms with Crippen LogP contribution in [0.4, 0.5) is 34.1 Å². The summed E-state index contributed by atoms with van der Waals surface area (Å²) in [5, 5.41) is 10.3. The summed E-state index contributed by atoms with van der Waals surface area (Å²) in [6, 6.07) is -15.7. The van der Waals surface area contributed by atoms with Crippen LogP contribution in [-0.2, 0) is 10.8 Å². The first kappa shape index (κ1) is 20.8. The van der Waals surface area contributed by atoms with Gasteiger partial charge in [-0.1, -0.05) is 126 Å². The second kappa shape index (κ2) is 12.8. The molecule has 0 radical (unpaired) electrons. The van der Waals surface area contributed by atoms with Crippen molar-refractivity contribution >= 4 is 122 Å². The molecule has 0 amide bonds. The van der Waals surface area contributed by atoms with Crippen molar-refractivity contribution in [2.75, 3.05) is 9.80 Å². The van der Waals surface area contributed by atoms with Crippen molar-refractivity contribution in [1.82, 2.24) is 4.57 Å². The van der Waals surface area contributed by atoms with Crippen LogP contribution in [0.1, 0.15) is 92.5 Å². The molecule has 66 heavy (non-hydrogen) atoms. The molecule has 314 valence electrons. The lowest BCUT2D eigenvalue weighted by Gasteiger charge is -2.45. The minimum Gasteiger partial charge on any atom is -0.468 e. The molecule has 3 aliphatic rings. The Kier molecular flexibility index (Phi) is 4.04. The van der Waals surface area contributed by atoms with Crippen molar-refractivity contribution in [3.63, 3.8) is 0 Å². The molecule has 14 rings (SSSR count). The number of benzene rings is 8. The van der Waals surface area contributed by atoms with Gasteiger partial charge in [0.05, 0.1) is 95.7 Å². The number of aromatic nitrogens is 1. The Morgan fingerprint density at radius 3 is 2.08 bits per heavy atom. The van der Waals surface area contributed by atoms with Crippen LogP contribution < -0.4 is 26.4 Å². The van der Waals surface area contributed by atoms with Crippen LogP contribution in [0, 0.1) is 11.3 Å². The van der Waals surface area contributed by atoms with E-state index in [2.05, 4.69) is 0 Å². The molecule has 0 fully saturated rings. The zero-order chi connectivity index (χ0) is 66.3. The van der Waals surface area contributed by atoms with Gasteiger partial charge >= 0.3 is 0 Å². The molecule has 0 N–H and O–H groups in total. The molecule has 7 heteroatoms. The fourth-order valence-electron chi connectivity index (χ4n) is 9.49. The minimum atomic E-state index is -1.84. The van der Waals surface area contributed by atoms with Gasteiger partial charge in [-0.15, -0.1) is 11.3 Å². The van der Waals surface area contributed by atoms with E-state index >= 15 is 0 Å². The van der Waals surface area contributed by atoms with Crippen molar-refractivity contribution in [2.45, 2.75) is 52.4 Å². The molecular weight excluding hydrogens is 824 g/mol. The van der Waals surface area contributed by atoms with Crippen LogP contribution in [0.3, 0.4) is 0 Å². The fraction of sp³-hybridized carbons (Fsp3) is 0.136. The summed E-state index contributed by atoms with van der Waals surface area (Å²) < 4.78 is 247. The van der Waals surface area contributed by atoms with Crippen LogP contribution in [0.2, 0.25) is 0 Å². The molecule has 0 bridgehead atoms. The normalized spacial score (nSPS) is 19.1. The highest BCUT2D eigenvalue weighted by atomic mass is 32.1. The molecule has 0 aliphatic carbocycles. The summed E-state index contributed by atoms with van der Waals surface area (Å²) in [6.45, 7) is 8.59. The molecule has 3 aromatic heterocycles. The molecule has 11 aromatic rings. The standard InChI is InChI=1S/C59H43BN4OS/c1-58(2,3)36-23-24-44-40(29-36)41-30-37(59(4,5)6)31-49-53(41)62(44)45-19-13-18-43-55(45)64(49)48-27-33(32-61)26-47-52(48)60(43)57-54(42-28-35(22-25-50(42)65-57)34-14-8-7-9-15-34)63(47)46-20-12-17-39-38-16-10-11-21-51(38)66-56(39)46/h7-31H,1-6H3/i7D,8D,9D,10D,11D,12D,13D,14D,15D,16D,17D,18D,19D,20D,21D,22D,23D,24D,25D,26D,27D,28D,29D,30D,31D. The number of anilines is 6. The van der Waals surface area contributed by atoms with E-state index in [0.29, 0.717) is 11.3 Å². The molecule has 3 aliphatic heterocycles. The summed E-state index contributed by atoms with van der Waals surface area (Å²) >= 11 is 0.648. The SMILES string of the molecule is [2H]c1c([2H])c([2H])c(-c2c([2H])c([2H])c3oc4c(c3c2[2H])N(c2c([2H])c([2H])c([2H])c3c2sc2c([2H])c([2H])c([2H])c([2H])c23)c2c([2H])c(C#N)c([2H])c3c2B4c2c([2H])c([2H])c([2H])c4c2N3c2c([2H])c(C(C)(C)C)c([2H])c3c5c([2H])c(C(C)(C)C)c([2H])c([2H])c5n-4c23)c([2H])c1[2H]. The summed E-state index contributed by atoms with van der Waals surface area (Å²) in [5.41, 5.74) is -8.78. The molecule has 0 unspecified atom stereocenters. The Hall–Kier alpha value is -7.53. The number of nitriles is 1. The third-order valence-electron chi connectivity index (χ3n) is 12.4. The first-order valence-electron chi connectivity index (χ1n) is 33.4. The van der Waals surface area contributed by atoms with Gasteiger partial charge in [0.1, 0.15) is 5.58 Å². The Morgan fingerprint density at radius 1 is 0.576 bits per heavy atom. The maximum Gasteiger partial charge on any atom is 0.297 e. The predicted molar refractivity (Wildman–Crippen MR) is 279 cm³/mol. The molecule has 0 saturated carbocycles. The Bertz CT molecular complexity index is 5470. The third-order valence-corrected chi connectivity index (χ3v) is 13.6. The number of para-hydroxylation sites is 1. The maximum absolute atomic E-state index is 11.5. The van der Waals surface area contributed by atoms with Gasteiger partial charge in [-0.25, -0.2) is 0 Å². The highest BCUT2D eigenvalue weighted by Crippen LogP contribution is 2.55. The van der Waals surface area contributed by atoms with E-state index in [4.69, 9.17) is 15.4 Å². The molecule has 6 heterocycles. The van der Waals surface area contributed by atoms with Crippen molar-refractivity contribution in [2.24, 2.45) is 0 Å². The zero-order valence-corrected chi connectivity index (χ0v) is 36.5. The number of furan rings is 1. The van der Waals surface area contributed by atoms with E-state index in [1.165, 1.54) is 9.47 Å². The molecule has 0 atom stereocenters. The first-order chi connectivity index (χ1) is 42.4. The summed E-state index contributed by atoms with van der Waals surface area (Å²) in [7, 11) is 0. The quantitative estimate of drug-likeness (QED) is 0.162. The summed E-state index contributed by atoms with van der Waals surface area (Å²) in [6.07, 6.45) is 0. The van der Waals surface area contributed by atoms with E-state index < -0.39 is 207 Å². The first-order valence-corrected chi connectivity index (χ1v) is 21.7. The van der Waals surface area contributed by atoms with E-state index in [1.807, 2.05) is 6.07 Å². The molecule has 5 nitrogen and oxygen atoms in total. The third kappa shape index (κ3) is 4.94. The topological polar surface area (TPSA) is 48.3 Å². The van der Waals surface area contributed by atoms with Crippen LogP contribution >= 0.6 is 11.3 Å². The summed E-state index contributed by atoms with van der Waals surface area (Å²) in [4.78, 5) is 2.37. The monoisotopic (exact) mass is 891 g/mol. The van der Waals surface area contributed by atoms with E-state index in [1.54, 1.807) is 41.5 Å². The number of fused-ring (bicyclic) bond motifs is 14. The van der Waals surface area contributed by atoms with Gasteiger partial charge in [-0.2, -0.15) is 5.26 Å². The van der Waals surface area contributed by atoms with Crippen LogP contribution in [0.25, 0.3) is 69.8 Å². The minimum absolute atomic E-state index is 0.0323. The Labute approximate surface area is 422 Å². The van der Waals surface area contributed by atoms with Crippen molar-refractivity contribution in [1.29, 1.82) is 5.26 Å². The molecule has 0 spiro atoms.